The molecular weight excluding hydrogens is 309 g/mol. The van der Waals surface area contributed by atoms with Crippen LogP contribution in [0.2, 0.25) is 5.02 Å². The van der Waals surface area contributed by atoms with E-state index < -0.39 is 16.5 Å². The molecule has 0 amide bonds. The zero-order valence-corrected chi connectivity index (χ0v) is 12.7. The monoisotopic (exact) mass is 321 g/mol. The molecule has 104 valence electrons. The molecule has 0 fully saturated rings. The second-order valence-electron chi connectivity index (χ2n) is 3.99. The summed E-state index contributed by atoms with van der Waals surface area (Å²) in [6.07, 6.45) is 4.70. The number of nitrogens with zero attached hydrogens (tertiary/aromatic N) is 3. The summed E-state index contributed by atoms with van der Waals surface area (Å²) in [4.78, 5) is 15.2. The van der Waals surface area contributed by atoms with Crippen LogP contribution in [0.4, 0.5) is 4.39 Å². The summed E-state index contributed by atoms with van der Waals surface area (Å²) < 4.78 is 15.4. The van der Waals surface area contributed by atoms with E-state index in [9.17, 15) is 9.18 Å². The average molecular weight is 322 g/mol. The Morgan fingerprint density at radius 1 is 1.42 bits per heavy atom. The van der Waals surface area contributed by atoms with Crippen molar-refractivity contribution in [1.29, 1.82) is 0 Å². The molecule has 0 saturated carbocycles. The number of halogens is 2. The lowest BCUT2D eigenvalue weighted by Gasteiger charge is -1.96. The average Bonchev–Trinajstić information content (AvgIpc) is 2.79. The molecule has 0 aliphatic carbocycles. The maximum atomic E-state index is 13.7. The first kappa shape index (κ1) is 14.7. The van der Waals surface area contributed by atoms with Gasteiger partial charge in [-0.2, -0.15) is 13.9 Å². The van der Waals surface area contributed by atoms with Gasteiger partial charge in [-0.15, -0.1) is 5.10 Å². The molecule has 2 aromatic rings. The van der Waals surface area contributed by atoms with Crippen LogP contribution in [-0.2, 0) is 0 Å². The molecule has 0 bridgehead atoms. The summed E-state index contributed by atoms with van der Waals surface area (Å²) >= 11 is 8.27. The first-order valence-corrected chi connectivity index (χ1v) is 8.19. The Kier molecular flexibility index (Phi) is 5.18. The molecule has 8 heteroatoms. The summed E-state index contributed by atoms with van der Waals surface area (Å²) in [6.45, 7) is 2.16. The molecule has 0 N–H and O–H groups in total. The van der Waals surface area contributed by atoms with Gasteiger partial charge in [-0.1, -0.05) is 60.9 Å². The predicted octanol–water partition coefficient (Wildman–Crippen LogP) is 3.62. The van der Waals surface area contributed by atoms with Gasteiger partial charge < -0.3 is 0 Å². The lowest BCUT2D eigenvalue weighted by Crippen LogP contribution is -2.12. The van der Waals surface area contributed by atoms with E-state index in [0.717, 1.165) is 16.7 Å². The first-order chi connectivity index (χ1) is 9.13. The van der Waals surface area contributed by atoms with E-state index in [0.29, 0.717) is 4.34 Å². The van der Waals surface area contributed by atoms with Gasteiger partial charge in [0.25, 0.3) is 5.56 Å². The van der Waals surface area contributed by atoms with Crippen LogP contribution < -0.4 is 5.56 Å². The quantitative estimate of drug-likeness (QED) is 0.463. The highest BCUT2D eigenvalue weighted by atomic mass is 35.5. The highest BCUT2D eigenvalue weighted by molar-refractivity contribution is 8.01. The van der Waals surface area contributed by atoms with Gasteiger partial charge in [-0.3, -0.25) is 4.79 Å². The topological polar surface area (TPSA) is 47.3 Å². The van der Waals surface area contributed by atoms with Gasteiger partial charge >= 0.3 is 0 Å². The molecule has 2 heterocycles. The first-order valence-electron chi connectivity index (χ1n) is 6.01. The molecule has 0 aromatic carbocycles. The fraction of sp³-hybridized carbons (Fsp3) is 0.545. The lowest BCUT2D eigenvalue weighted by atomic mass is 10.2. The minimum Gasteiger partial charge on any atom is -0.265 e. The molecule has 0 spiro atoms. The van der Waals surface area contributed by atoms with Crippen molar-refractivity contribution in [1.82, 2.24) is 14.6 Å². The Balaban J connectivity index is 2.09. The Labute approximate surface area is 123 Å². The molecule has 0 atom stereocenters. The van der Waals surface area contributed by atoms with Crippen molar-refractivity contribution < 1.29 is 4.39 Å². The third-order valence-electron chi connectivity index (χ3n) is 2.52. The van der Waals surface area contributed by atoms with Crippen LogP contribution in [0.25, 0.3) is 4.96 Å². The Morgan fingerprint density at radius 3 is 2.95 bits per heavy atom. The normalized spacial score (nSPS) is 11.3. The van der Waals surface area contributed by atoms with Crippen LogP contribution in [0.1, 0.15) is 32.6 Å². The highest BCUT2D eigenvalue weighted by Gasteiger charge is 2.15. The fourth-order valence-corrected chi connectivity index (χ4v) is 3.64. The standard InChI is InChI=1S/C11H13ClFN3OS2/c1-2-3-4-5-6-18-11-15-16-8(13)7(12)9(17)14-10(16)19-11/h2-6H2,1H3. The fourth-order valence-electron chi connectivity index (χ4n) is 1.53. The minimum absolute atomic E-state index is 0.239. The molecule has 2 rings (SSSR count). The molecule has 0 unspecified atom stereocenters. The van der Waals surface area contributed by atoms with Gasteiger partial charge in [-0.25, -0.2) is 0 Å². The van der Waals surface area contributed by atoms with E-state index in [1.165, 1.54) is 30.6 Å². The zero-order chi connectivity index (χ0) is 13.8. The van der Waals surface area contributed by atoms with Crippen molar-refractivity contribution in [2.24, 2.45) is 0 Å². The maximum Gasteiger partial charge on any atom is 0.295 e. The van der Waals surface area contributed by atoms with Crippen LogP contribution >= 0.6 is 34.7 Å². The number of thioether (sulfide) groups is 1. The number of hydrogen-bond donors (Lipinski definition) is 0. The SMILES string of the molecule is CCCCCCSc1nn2c(F)c(Cl)c(=O)nc2s1. The van der Waals surface area contributed by atoms with Crippen LogP contribution in [0.15, 0.2) is 9.13 Å². The van der Waals surface area contributed by atoms with Crippen LogP contribution in [0, 0.1) is 5.95 Å². The molecule has 19 heavy (non-hydrogen) atoms. The number of hydrogen-bond acceptors (Lipinski definition) is 5. The lowest BCUT2D eigenvalue weighted by molar-refractivity contribution is 0.535. The van der Waals surface area contributed by atoms with E-state index in [2.05, 4.69) is 17.0 Å². The van der Waals surface area contributed by atoms with Gasteiger partial charge in [0, 0.05) is 5.75 Å². The zero-order valence-electron chi connectivity index (χ0n) is 10.4. The third-order valence-corrected chi connectivity index (χ3v) is 4.96. The van der Waals surface area contributed by atoms with Gasteiger partial charge in [0.15, 0.2) is 9.36 Å². The van der Waals surface area contributed by atoms with Crippen molar-refractivity contribution in [2.45, 2.75) is 36.9 Å². The smallest absolute Gasteiger partial charge is 0.265 e. The van der Waals surface area contributed by atoms with Crippen molar-refractivity contribution >= 4 is 39.7 Å². The molecule has 0 saturated heterocycles. The number of rotatable bonds is 6. The number of unbranched alkanes of at least 4 members (excludes halogenated alkanes) is 3. The molecule has 2 aromatic heterocycles. The van der Waals surface area contributed by atoms with Crippen LogP contribution in [0.3, 0.4) is 0 Å². The van der Waals surface area contributed by atoms with Crippen LogP contribution in [-0.4, -0.2) is 20.4 Å². The summed E-state index contributed by atoms with van der Waals surface area (Å²) in [5.41, 5.74) is -0.748. The van der Waals surface area contributed by atoms with Crippen molar-refractivity contribution in [3.63, 3.8) is 0 Å². The second kappa shape index (κ2) is 6.67. The summed E-state index contributed by atoms with van der Waals surface area (Å²) in [6, 6.07) is 0. The molecule has 4 nitrogen and oxygen atoms in total. The summed E-state index contributed by atoms with van der Waals surface area (Å²) in [7, 11) is 0. The Morgan fingerprint density at radius 2 is 2.21 bits per heavy atom. The Bertz CT molecular complexity index is 628. The minimum atomic E-state index is -0.842. The Hall–Kier alpha value is -0.660. The predicted molar refractivity (Wildman–Crippen MR) is 77.0 cm³/mol. The number of fused-ring (bicyclic) bond motifs is 1. The van der Waals surface area contributed by atoms with E-state index in [1.54, 1.807) is 11.8 Å². The van der Waals surface area contributed by atoms with Gasteiger partial charge in [0.2, 0.25) is 10.9 Å². The maximum absolute atomic E-state index is 13.7. The van der Waals surface area contributed by atoms with E-state index >= 15 is 0 Å². The van der Waals surface area contributed by atoms with Gasteiger partial charge in [0.1, 0.15) is 0 Å². The highest BCUT2D eigenvalue weighted by Crippen LogP contribution is 2.26. The van der Waals surface area contributed by atoms with Crippen molar-refractivity contribution in [3.8, 4) is 0 Å². The second-order valence-corrected chi connectivity index (χ2v) is 6.67. The van der Waals surface area contributed by atoms with Crippen LogP contribution in [0.5, 0.6) is 0 Å². The molecular formula is C11H13ClFN3OS2. The third kappa shape index (κ3) is 3.46. The van der Waals surface area contributed by atoms with E-state index in [1.807, 2.05) is 0 Å². The summed E-state index contributed by atoms with van der Waals surface area (Å²) in [5, 5.41) is 3.56. The van der Waals surface area contributed by atoms with Crippen molar-refractivity contribution in [2.75, 3.05) is 5.75 Å². The molecule has 0 radical (unpaired) electrons. The largest absolute Gasteiger partial charge is 0.295 e. The summed E-state index contributed by atoms with van der Waals surface area (Å²) in [5.74, 6) is 0.0886. The molecule has 0 aliphatic heterocycles. The van der Waals surface area contributed by atoms with Gasteiger partial charge in [0.05, 0.1) is 0 Å². The van der Waals surface area contributed by atoms with Crippen molar-refractivity contribution in [3.05, 3.63) is 21.3 Å². The van der Waals surface area contributed by atoms with Gasteiger partial charge in [-0.05, 0) is 6.42 Å². The molecule has 0 aliphatic rings. The van der Waals surface area contributed by atoms with E-state index in [-0.39, 0.29) is 4.96 Å². The van der Waals surface area contributed by atoms with E-state index in [4.69, 9.17) is 11.6 Å². The number of aromatic nitrogens is 3.